The molecule has 10 heteroatoms. The smallest absolute Gasteiger partial charge is 0.306 e. The van der Waals surface area contributed by atoms with Crippen LogP contribution in [0.4, 0.5) is 0 Å². The van der Waals surface area contributed by atoms with Gasteiger partial charge in [-0.25, -0.2) is 0 Å². The fraction of sp³-hybridized carbons (Fsp3) is 0.875. The molecule has 90 heavy (non-hydrogen) atoms. The van der Waals surface area contributed by atoms with E-state index in [0.29, 0.717) is 17.4 Å². The van der Waals surface area contributed by atoms with Crippen LogP contribution in [0.25, 0.3) is 0 Å². The molecule has 0 saturated carbocycles. The molecule has 0 N–H and O–H groups in total. The Labute approximate surface area is 560 Å². The highest BCUT2D eigenvalue weighted by Crippen LogP contribution is 2.38. The van der Waals surface area contributed by atoms with Crippen LogP contribution in [0.2, 0.25) is 0 Å². The molecule has 0 heterocycles. The van der Waals surface area contributed by atoms with Gasteiger partial charge >= 0.3 is 11.9 Å². The minimum absolute atomic E-state index is 0.0304. The molecule has 0 radical (unpaired) electrons. The van der Waals surface area contributed by atoms with Crippen LogP contribution < -0.4 is 4.89 Å². The van der Waals surface area contributed by atoms with Crippen LogP contribution in [0.3, 0.4) is 0 Å². The average molecular weight is 1290 g/mol. The summed E-state index contributed by atoms with van der Waals surface area (Å²) in [6.45, 7) is 4.29. The number of rotatable bonds is 74. The first kappa shape index (κ1) is 88.0. The van der Waals surface area contributed by atoms with Crippen LogP contribution in [-0.2, 0) is 32.7 Å². The summed E-state index contributed by atoms with van der Waals surface area (Å²) < 4.78 is 34.4. The molecule has 0 spiro atoms. The second kappa shape index (κ2) is 71.3. The van der Waals surface area contributed by atoms with Gasteiger partial charge in [0.15, 0.2) is 6.10 Å². The quantitative estimate of drug-likeness (QED) is 0.0195. The average Bonchev–Trinajstić information content (AvgIpc) is 3.58. The van der Waals surface area contributed by atoms with Crippen molar-refractivity contribution in [3.63, 3.8) is 0 Å². The third-order valence-corrected chi connectivity index (χ3v) is 18.8. The SMILES string of the molecule is CCCCCCC/C=C\C/C=C\C/C=C\CCCCCCCCCCCCC(=O)OC(COC(=O)CCCCCCCCCCCCCCCCCCCCCCCCCCCCCCC/C=C\CCCCCCCCCC)COP(=O)([O-])OCC[N+](C)(C)C. The molecule has 0 amide bonds. The molecule has 530 valence electrons. The zero-order chi connectivity index (χ0) is 65.5. The van der Waals surface area contributed by atoms with Crippen LogP contribution >= 0.6 is 7.82 Å². The summed E-state index contributed by atoms with van der Waals surface area (Å²) in [4.78, 5) is 38.1. The van der Waals surface area contributed by atoms with E-state index in [9.17, 15) is 19.0 Å². The molecule has 0 aliphatic heterocycles. The number of carbonyl (C=O) groups is 2. The Kier molecular flexibility index (Phi) is 69.7. The van der Waals surface area contributed by atoms with Crippen LogP contribution in [0, 0.1) is 0 Å². The molecular weight excluding hydrogens is 1130 g/mol. The van der Waals surface area contributed by atoms with Crippen molar-refractivity contribution in [2.45, 2.75) is 405 Å². The second-order valence-electron chi connectivity index (χ2n) is 28.1. The van der Waals surface area contributed by atoms with Crippen molar-refractivity contribution in [3.05, 3.63) is 48.6 Å². The summed E-state index contributed by atoms with van der Waals surface area (Å²) >= 11 is 0. The number of hydrogen-bond donors (Lipinski definition) is 0. The lowest BCUT2D eigenvalue weighted by molar-refractivity contribution is -0.870. The van der Waals surface area contributed by atoms with Gasteiger partial charge in [0.25, 0.3) is 7.82 Å². The molecule has 0 fully saturated rings. The predicted molar refractivity (Wildman–Crippen MR) is 388 cm³/mol. The van der Waals surface area contributed by atoms with Crippen LogP contribution in [0.5, 0.6) is 0 Å². The van der Waals surface area contributed by atoms with Crippen molar-refractivity contribution in [3.8, 4) is 0 Å². The number of likely N-dealkylation sites (N-methyl/N-ethyl adjacent to an activating group) is 1. The van der Waals surface area contributed by atoms with Crippen molar-refractivity contribution in [2.24, 2.45) is 0 Å². The molecule has 0 rings (SSSR count). The number of phosphoric acid groups is 1. The van der Waals surface area contributed by atoms with E-state index in [2.05, 4.69) is 62.5 Å². The van der Waals surface area contributed by atoms with E-state index in [1.807, 2.05) is 21.1 Å². The number of allylic oxidation sites excluding steroid dienone is 8. The normalized spacial score (nSPS) is 13.3. The summed E-state index contributed by atoms with van der Waals surface area (Å²) in [5.41, 5.74) is 0. The minimum atomic E-state index is -4.64. The molecular formula is C80H152NO8P. The number of quaternary nitrogens is 1. The number of carbonyl (C=O) groups excluding carboxylic acids is 2. The summed E-state index contributed by atoms with van der Waals surface area (Å²) in [6, 6.07) is 0. The van der Waals surface area contributed by atoms with E-state index in [1.165, 1.54) is 308 Å². The van der Waals surface area contributed by atoms with Gasteiger partial charge in [-0.15, -0.1) is 0 Å². The molecule has 0 aromatic heterocycles. The van der Waals surface area contributed by atoms with Gasteiger partial charge in [0.1, 0.15) is 19.8 Å². The van der Waals surface area contributed by atoms with Gasteiger partial charge in [0, 0.05) is 12.8 Å². The van der Waals surface area contributed by atoms with Gasteiger partial charge in [0.05, 0.1) is 27.7 Å². The Bertz CT molecular complexity index is 1660. The van der Waals surface area contributed by atoms with Gasteiger partial charge < -0.3 is 27.9 Å². The van der Waals surface area contributed by atoms with Gasteiger partial charge in [0.2, 0.25) is 0 Å². The maximum absolute atomic E-state index is 12.9. The molecule has 0 bridgehead atoms. The fourth-order valence-corrected chi connectivity index (χ4v) is 12.5. The van der Waals surface area contributed by atoms with E-state index in [4.69, 9.17) is 18.5 Å². The van der Waals surface area contributed by atoms with Crippen LogP contribution in [0.15, 0.2) is 48.6 Å². The van der Waals surface area contributed by atoms with E-state index in [0.717, 1.165) is 57.8 Å². The Hall–Kier alpha value is -2.03. The van der Waals surface area contributed by atoms with Crippen molar-refractivity contribution in [1.82, 2.24) is 0 Å². The first-order valence-corrected chi connectivity index (χ1v) is 40.8. The lowest BCUT2D eigenvalue weighted by Gasteiger charge is -2.28. The molecule has 2 unspecified atom stereocenters. The zero-order valence-electron chi connectivity index (χ0n) is 60.6. The van der Waals surface area contributed by atoms with Gasteiger partial charge in [-0.1, -0.05) is 358 Å². The van der Waals surface area contributed by atoms with Crippen molar-refractivity contribution in [1.29, 1.82) is 0 Å². The summed E-state index contributed by atoms with van der Waals surface area (Å²) in [6.07, 6.45) is 93.8. The Morgan fingerprint density at radius 3 is 0.900 bits per heavy atom. The fourth-order valence-electron chi connectivity index (χ4n) is 11.8. The predicted octanol–water partition coefficient (Wildman–Crippen LogP) is 25.3. The van der Waals surface area contributed by atoms with E-state index in [1.54, 1.807) is 0 Å². The van der Waals surface area contributed by atoms with Crippen LogP contribution in [-0.4, -0.2) is 70.0 Å². The Morgan fingerprint density at radius 2 is 0.600 bits per heavy atom. The summed E-state index contributed by atoms with van der Waals surface area (Å²) in [5, 5.41) is 0. The summed E-state index contributed by atoms with van der Waals surface area (Å²) in [7, 11) is 1.18. The monoisotopic (exact) mass is 1290 g/mol. The molecule has 0 saturated heterocycles. The minimum Gasteiger partial charge on any atom is -0.756 e. The first-order chi connectivity index (χ1) is 44.0. The van der Waals surface area contributed by atoms with Crippen molar-refractivity contribution in [2.75, 3.05) is 47.5 Å². The standard InChI is InChI=1S/C80H152NO8P/c1-6-8-10-12-14-16-18-20-22-24-26-28-30-32-33-34-35-36-37-38-39-40-41-42-43-44-45-46-47-49-50-52-54-56-58-60-62-64-66-68-70-72-79(82)86-76-78(77-88-90(84,85)87-75-74-81(3,4)5)89-80(83)73-71-69-67-65-63-61-59-57-55-53-51-48-31-29-27-25-23-21-19-17-15-13-11-9-7-2/h19,21,24-27,31,48,78H,6-18,20,22-23,28-30,32-47,49-77H2,1-5H3/b21-19-,26-24-,27-25-,48-31-. The largest absolute Gasteiger partial charge is 0.756 e. The van der Waals surface area contributed by atoms with Gasteiger partial charge in [-0.3, -0.25) is 14.2 Å². The number of phosphoric ester groups is 1. The highest BCUT2D eigenvalue weighted by atomic mass is 31.2. The highest BCUT2D eigenvalue weighted by Gasteiger charge is 2.22. The molecule has 0 aliphatic rings. The molecule has 2 atom stereocenters. The number of ether oxygens (including phenoxy) is 2. The molecule has 0 aromatic carbocycles. The van der Waals surface area contributed by atoms with Gasteiger partial charge in [-0.2, -0.15) is 0 Å². The second-order valence-corrected chi connectivity index (χ2v) is 29.5. The van der Waals surface area contributed by atoms with Crippen LogP contribution in [0.1, 0.15) is 399 Å². The number of unbranched alkanes of at least 4 members (excludes halogenated alkanes) is 52. The number of esters is 2. The maximum atomic E-state index is 12.9. The Balaban J connectivity index is 3.88. The number of hydrogen-bond acceptors (Lipinski definition) is 8. The first-order valence-electron chi connectivity index (χ1n) is 39.3. The molecule has 9 nitrogen and oxygen atoms in total. The lowest BCUT2D eigenvalue weighted by Crippen LogP contribution is -2.37. The van der Waals surface area contributed by atoms with E-state index in [-0.39, 0.29) is 32.0 Å². The van der Waals surface area contributed by atoms with Crippen molar-refractivity contribution < 1.29 is 42.1 Å². The topological polar surface area (TPSA) is 111 Å². The lowest BCUT2D eigenvalue weighted by atomic mass is 10.0. The van der Waals surface area contributed by atoms with Gasteiger partial charge in [-0.05, 0) is 77.0 Å². The Morgan fingerprint density at radius 1 is 0.344 bits per heavy atom. The summed E-state index contributed by atoms with van der Waals surface area (Å²) in [5.74, 6) is -0.819. The third-order valence-electron chi connectivity index (χ3n) is 17.8. The van der Waals surface area contributed by atoms with E-state index >= 15 is 0 Å². The molecule has 0 aromatic rings. The third kappa shape index (κ3) is 75.0. The van der Waals surface area contributed by atoms with E-state index < -0.39 is 26.5 Å². The number of nitrogens with zero attached hydrogens (tertiary/aromatic N) is 1. The highest BCUT2D eigenvalue weighted by molar-refractivity contribution is 7.45. The maximum Gasteiger partial charge on any atom is 0.306 e. The molecule has 0 aliphatic carbocycles. The van der Waals surface area contributed by atoms with Crippen molar-refractivity contribution >= 4 is 19.8 Å². The zero-order valence-corrected chi connectivity index (χ0v) is 61.5.